The molecule has 1 saturated heterocycles. The molecule has 23 heavy (non-hydrogen) atoms. The zero-order valence-corrected chi connectivity index (χ0v) is 13.1. The van der Waals surface area contributed by atoms with Crippen molar-refractivity contribution in [3.63, 3.8) is 0 Å². The van der Waals surface area contributed by atoms with E-state index in [1.807, 2.05) is 18.2 Å². The second kappa shape index (κ2) is 7.09. The van der Waals surface area contributed by atoms with Crippen LogP contribution in [0.25, 0.3) is 0 Å². The number of ether oxygens (including phenoxy) is 1. The summed E-state index contributed by atoms with van der Waals surface area (Å²) in [4.78, 5) is 23.0. The van der Waals surface area contributed by atoms with Gasteiger partial charge in [-0.05, 0) is 37.1 Å². The largest absolute Gasteiger partial charge is 0.497 e. The molecule has 0 aliphatic carbocycles. The molecule has 6 nitrogen and oxygen atoms in total. The van der Waals surface area contributed by atoms with E-state index in [1.165, 1.54) is 0 Å². The van der Waals surface area contributed by atoms with Gasteiger partial charge < -0.3 is 15.0 Å². The SMILES string of the molecule is COc1cccc(C(=O)NC2CCN(c3ncccn3)CC2)c1. The smallest absolute Gasteiger partial charge is 0.251 e. The molecule has 0 spiro atoms. The molecule has 1 aromatic heterocycles. The number of methoxy groups -OCH3 is 1. The van der Waals surface area contributed by atoms with Crippen LogP contribution in [0.5, 0.6) is 5.75 Å². The number of hydrogen-bond donors (Lipinski definition) is 1. The average Bonchev–Trinajstić information content (AvgIpc) is 2.63. The quantitative estimate of drug-likeness (QED) is 0.934. The van der Waals surface area contributed by atoms with E-state index in [2.05, 4.69) is 20.2 Å². The number of amides is 1. The molecule has 6 heteroatoms. The number of nitrogens with one attached hydrogen (secondary N) is 1. The molecule has 1 aliphatic heterocycles. The van der Waals surface area contributed by atoms with Crippen LogP contribution < -0.4 is 15.0 Å². The number of carbonyl (C=O) groups excluding carboxylic acids is 1. The van der Waals surface area contributed by atoms with Gasteiger partial charge in [0.05, 0.1) is 7.11 Å². The normalized spacial score (nSPS) is 15.3. The summed E-state index contributed by atoms with van der Waals surface area (Å²) in [5.74, 6) is 1.39. The van der Waals surface area contributed by atoms with Crippen molar-refractivity contribution in [3.05, 3.63) is 48.3 Å². The van der Waals surface area contributed by atoms with Gasteiger partial charge in [-0.2, -0.15) is 0 Å². The Morgan fingerprint density at radius 3 is 2.65 bits per heavy atom. The lowest BCUT2D eigenvalue weighted by Crippen LogP contribution is -2.45. The highest BCUT2D eigenvalue weighted by Crippen LogP contribution is 2.17. The zero-order valence-electron chi connectivity index (χ0n) is 13.1. The third-order valence-electron chi connectivity index (χ3n) is 4.00. The lowest BCUT2D eigenvalue weighted by atomic mass is 10.0. The molecule has 2 heterocycles. The molecular weight excluding hydrogens is 292 g/mol. The van der Waals surface area contributed by atoms with Gasteiger partial charge in [-0.15, -0.1) is 0 Å². The van der Waals surface area contributed by atoms with Crippen LogP contribution in [0.1, 0.15) is 23.2 Å². The standard InChI is InChI=1S/C17H20N4O2/c1-23-15-5-2-4-13(12-15)16(22)20-14-6-10-21(11-7-14)17-18-8-3-9-19-17/h2-5,8-9,12,14H,6-7,10-11H2,1H3,(H,20,22). The molecule has 1 aliphatic rings. The second-order valence-electron chi connectivity index (χ2n) is 5.52. The molecule has 120 valence electrons. The molecule has 3 rings (SSSR count). The molecule has 1 aromatic carbocycles. The first-order valence-electron chi connectivity index (χ1n) is 7.73. The van der Waals surface area contributed by atoms with Gasteiger partial charge in [0.25, 0.3) is 5.91 Å². The molecule has 2 aromatic rings. The fraction of sp³-hybridized carbons (Fsp3) is 0.353. The Morgan fingerprint density at radius 2 is 1.96 bits per heavy atom. The lowest BCUT2D eigenvalue weighted by molar-refractivity contribution is 0.0930. The fourth-order valence-electron chi connectivity index (χ4n) is 2.71. The van der Waals surface area contributed by atoms with Gasteiger partial charge in [0.15, 0.2) is 0 Å². The Hall–Kier alpha value is -2.63. The van der Waals surface area contributed by atoms with E-state index in [1.54, 1.807) is 31.6 Å². The van der Waals surface area contributed by atoms with Gasteiger partial charge >= 0.3 is 0 Å². The van der Waals surface area contributed by atoms with Crippen LogP contribution in [-0.2, 0) is 0 Å². The number of piperidine rings is 1. The number of aromatic nitrogens is 2. The Morgan fingerprint density at radius 1 is 1.22 bits per heavy atom. The second-order valence-corrected chi connectivity index (χ2v) is 5.52. The van der Waals surface area contributed by atoms with Crippen molar-refractivity contribution in [3.8, 4) is 5.75 Å². The summed E-state index contributed by atoms with van der Waals surface area (Å²) in [6, 6.07) is 9.18. The maximum absolute atomic E-state index is 12.3. The minimum Gasteiger partial charge on any atom is -0.497 e. The monoisotopic (exact) mass is 312 g/mol. The maximum atomic E-state index is 12.3. The molecule has 1 fully saturated rings. The summed E-state index contributed by atoms with van der Waals surface area (Å²) in [5.41, 5.74) is 0.623. The highest BCUT2D eigenvalue weighted by molar-refractivity contribution is 5.94. The summed E-state index contributed by atoms with van der Waals surface area (Å²) in [6.07, 6.45) is 5.26. The Bertz CT molecular complexity index is 655. The van der Waals surface area contributed by atoms with Gasteiger partial charge in [-0.1, -0.05) is 6.07 Å². The van der Waals surface area contributed by atoms with Crippen molar-refractivity contribution in [2.24, 2.45) is 0 Å². The highest BCUT2D eigenvalue weighted by Gasteiger charge is 2.22. The number of rotatable bonds is 4. The van der Waals surface area contributed by atoms with Crippen LogP contribution in [0, 0.1) is 0 Å². The van der Waals surface area contributed by atoms with Crippen LogP contribution >= 0.6 is 0 Å². The summed E-state index contributed by atoms with van der Waals surface area (Å²) in [7, 11) is 1.60. The summed E-state index contributed by atoms with van der Waals surface area (Å²) >= 11 is 0. The van der Waals surface area contributed by atoms with E-state index < -0.39 is 0 Å². The topological polar surface area (TPSA) is 67.3 Å². The molecular formula is C17H20N4O2. The number of carbonyl (C=O) groups is 1. The maximum Gasteiger partial charge on any atom is 0.251 e. The molecule has 1 N–H and O–H groups in total. The van der Waals surface area contributed by atoms with Crippen LogP contribution in [0.4, 0.5) is 5.95 Å². The summed E-state index contributed by atoms with van der Waals surface area (Å²) in [5, 5.41) is 3.10. The van der Waals surface area contributed by atoms with Gasteiger partial charge in [0.1, 0.15) is 5.75 Å². The minimum atomic E-state index is -0.0571. The molecule has 1 amide bonds. The van der Waals surface area contributed by atoms with E-state index in [4.69, 9.17) is 4.74 Å². The highest BCUT2D eigenvalue weighted by atomic mass is 16.5. The first-order chi connectivity index (χ1) is 11.3. The first kappa shape index (κ1) is 15.3. The van der Waals surface area contributed by atoms with Gasteiger partial charge in [0.2, 0.25) is 5.95 Å². The predicted octanol–water partition coefficient (Wildman–Crippen LogP) is 1.88. The zero-order chi connectivity index (χ0) is 16.1. The number of anilines is 1. The lowest BCUT2D eigenvalue weighted by Gasteiger charge is -2.32. The van der Waals surface area contributed by atoms with Gasteiger partial charge in [-0.25, -0.2) is 9.97 Å². The predicted molar refractivity (Wildman–Crippen MR) is 87.7 cm³/mol. The van der Waals surface area contributed by atoms with Crippen molar-refractivity contribution in [1.29, 1.82) is 0 Å². The van der Waals surface area contributed by atoms with Gasteiger partial charge in [-0.3, -0.25) is 4.79 Å². The van der Waals surface area contributed by atoms with Crippen LogP contribution in [0.3, 0.4) is 0 Å². The Kier molecular flexibility index (Phi) is 4.71. The van der Waals surface area contributed by atoms with Crippen molar-refractivity contribution in [1.82, 2.24) is 15.3 Å². The van der Waals surface area contributed by atoms with Crippen LogP contribution in [-0.4, -0.2) is 42.1 Å². The molecule has 0 saturated carbocycles. The molecule has 0 bridgehead atoms. The van der Waals surface area contributed by atoms with E-state index in [-0.39, 0.29) is 11.9 Å². The third-order valence-corrected chi connectivity index (χ3v) is 4.00. The van der Waals surface area contributed by atoms with E-state index in [0.717, 1.165) is 31.9 Å². The van der Waals surface area contributed by atoms with Gasteiger partial charge in [0, 0.05) is 37.1 Å². The van der Waals surface area contributed by atoms with Crippen molar-refractivity contribution >= 4 is 11.9 Å². The number of nitrogens with zero attached hydrogens (tertiary/aromatic N) is 3. The van der Waals surface area contributed by atoms with Crippen molar-refractivity contribution in [2.75, 3.05) is 25.1 Å². The fourth-order valence-corrected chi connectivity index (χ4v) is 2.71. The average molecular weight is 312 g/mol. The third kappa shape index (κ3) is 3.77. The van der Waals surface area contributed by atoms with Crippen LogP contribution in [0.15, 0.2) is 42.7 Å². The van der Waals surface area contributed by atoms with E-state index in [0.29, 0.717) is 11.3 Å². The van der Waals surface area contributed by atoms with Crippen molar-refractivity contribution < 1.29 is 9.53 Å². The van der Waals surface area contributed by atoms with E-state index >= 15 is 0 Å². The summed E-state index contributed by atoms with van der Waals surface area (Å²) in [6.45, 7) is 1.68. The molecule has 0 unspecified atom stereocenters. The Labute approximate surface area is 135 Å². The minimum absolute atomic E-state index is 0.0571. The number of benzene rings is 1. The van der Waals surface area contributed by atoms with Crippen LogP contribution in [0.2, 0.25) is 0 Å². The molecule has 0 radical (unpaired) electrons. The number of hydrogen-bond acceptors (Lipinski definition) is 5. The first-order valence-corrected chi connectivity index (χ1v) is 7.73. The Balaban J connectivity index is 1.55. The summed E-state index contributed by atoms with van der Waals surface area (Å²) < 4.78 is 5.16. The van der Waals surface area contributed by atoms with Crippen molar-refractivity contribution in [2.45, 2.75) is 18.9 Å². The van der Waals surface area contributed by atoms with E-state index in [9.17, 15) is 4.79 Å². The molecule has 0 atom stereocenters.